The number of nitrogens with one attached hydrogen (secondary N) is 1. The number of hydrogen-bond acceptors (Lipinski definition) is 2. The van der Waals surface area contributed by atoms with Crippen molar-refractivity contribution in [3.05, 3.63) is 0 Å². The van der Waals surface area contributed by atoms with Crippen molar-refractivity contribution in [1.82, 2.24) is 5.32 Å². The first kappa shape index (κ1) is 12.5. The quantitative estimate of drug-likeness (QED) is 0.737. The summed E-state index contributed by atoms with van der Waals surface area (Å²) in [6.07, 6.45) is 6.39. The summed E-state index contributed by atoms with van der Waals surface area (Å²) in [4.78, 5) is 11.0. The Hall–Kier alpha value is -0.570. The summed E-state index contributed by atoms with van der Waals surface area (Å²) in [7, 11) is 0. The van der Waals surface area contributed by atoms with E-state index in [1.807, 2.05) is 6.92 Å². The predicted octanol–water partition coefficient (Wildman–Crippen LogP) is 2.41. The summed E-state index contributed by atoms with van der Waals surface area (Å²) in [5, 5.41) is 12.3. The average molecular weight is 213 g/mol. The molecule has 0 saturated heterocycles. The highest BCUT2D eigenvalue weighted by Crippen LogP contribution is 2.23. The van der Waals surface area contributed by atoms with Gasteiger partial charge in [-0.25, -0.2) is 0 Å². The van der Waals surface area contributed by atoms with Gasteiger partial charge in [-0.2, -0.15) is 0 Å². The number of hydrogen-bond donors (Lipinski definition) is 2. The van der Waals surface area contributed by atoms with Gasteiger partial charge >= 0.3 is 5.97 Å². The maximum Gasteiger partial charge on any atom is 0.320 e. The highest BCUT2D eigenvalue weighted by molar-refractivity contribution is 5.73. The van der Waals surface area contributed by atoms with Crippen LogP contribution in [0.4, 0.5) is 0 Å². The second-order valence-electron chi connectivity index (χ2n) is 4.80. The summed E-state index contributed by atoms with van der Waals surface area (Å²) in [5.74, 6) is 0.118. The first-order valence-corrected chi connectivity index (χ1v) is 6.12. The van der Waals surface area contributed by atoms with Crippen LogP contribution in [0.25, 0.3) is 0 Å². The fourth-order valence-corrected chi connectivity index (χ4v) is 2.28. The molecule has 1 unspecified atom stereocenters. The van der Waals surface area contributed by atoms with Gasteiger partial charge in [0.05, 0.1) is 0 Å². The van der Waals surface area contributed by atoms with Gasteiger partial charge in [-0.3, -0.25) is 4.79 Å². The third-order valence-electron chi connectivity index (χ3n) is 3.33. The van der Waals surface area contributed by atoms with Gasteiger partial charge in [-0.1, -0.05) is 20.3 Å². The molecule has 0 aromatic carbocycles. The van der Waals surface area contributed by atoms with Crippen LogP contribution >= 0.6 is 0 Å². The lowest BCUT2D eigenvalue weighted by atomic mass is 9.87. The lowest BCUT2D eigenvalue weighted by Gasteiger charge is -2.29. The third-order valence-corrected chi connectivity index (χ3v) is 3.33. The zero-order valence-corrected chi connectivity index (χ0v) is 9.83. The molecule has 88 valence electrons. The third kappa shape index (κ3) is 4.20. The van der Waals surface area contributed by atoms with Crippen LogP contribution in [0, 0.1) is 5.92 Å². The molecule has 0 spiro atoms. The van der Waals surface area contributed by atoms with E-state index in [9.17, 15) is 4.79 Å². The summed E-state index contributed by atoms with van der Waals surface area (Å²) in [6.45, 7) is 4.30. The van der Waals surface area contributed by atoms with Crippen molar-refractivity contribution in [1.29, 1.82) is 0 Å². The number of carbonyl (C=O) groups is 1. The predicted molar refractivity (Wildman–Crippen MR) is 60.9 cm³/mol. The SMILES string of the molecule is CCCC(NC1CCC(C)CC1)C(=O)O. The fourth-order valence-electron chi connectivity index (χ4n) is 2.28. The Balaban J connectivity index is 2.34. The molecule has 0 amide bonds. The molecule has 3 nitrogen and oxygen atoms in total. The summed E-state index contributed by atoms with van der Waals surface area (Å²) >= 11 is 0. The maximum atomic E-state index is 11.0. The molecule has 3 heteroatoms. The second kappa shape index (κ2) is 6.11. The van der Waals surface area contributed by atoms with Gasteiger partial charge in [-0.05, 0) is 38.0 Å². The van der Waals surface area contributed by atoms with E-state index in [-0.39, 0.29) is 6.04 Å². The fraction of sp³-hybridized carbons (Fsp3) is 0.917. The summed E-state index contributed by atoms with van der Waals surface area (Å²) in [6, 6.07) is 0.0854. The van der Waals surface area contributed by atoms with E-state index >= 15 is 0 Å². The van der Waals surface area contributed by atoms with Gasteiger partial charge in [-0.15, -0.1) is 0 Å². The molecule has 0 aliphatic heterocycles. The smallest absolute Gasteiger partial charge is 0.320 e. The van der Waals surface area contributed by atoms with Crippen molar-refractivity contribution in [2.24, 2.45) is 5.92 Å². The van der Waals surface area contributed by atoms with Crippen LogP contribution in [-0.2, 0) is 4.79 Å². The van der Waals surface area contributed by atoms with Crippen LogP contribution in [0.1, 0.15) is 52.4 Å². The molecule has 1 aliphatic rings. The Kier molecular flexibility index (Phi) is 5.09. The monoisotopic (exact) mass is 213 g/mol. The van der Waals surface area contributed by atoms with Crippen molar-refractivity contribution in [3.8, 4) is 0 Å². The van der Waals surface area contributed by atoms with Crippen LogP contribution in [0.3, 0.4) is 0 Å². The number of aliphatic carboxylic acids is 1. The molecule has 1 aliphatic carbocycles. The van der Waals surface area contributed by atoms with Crippen molar-refractivity contribution in [2.45, 2.75) is 64.5 Å². The number of carboxylic acid groups (broad SMARTS) is 1. The van der Waals surface area contributed by atoms with Crippen molar-refractivity contribution < 1.29 is 9.90 Å². The molecule has 0 bridgehead atoms. The molecule has 15 heavy (non-hydrogen) atoms. The lowest BCUT2D eigenvalue weighted by Crippen LogP contribution is -2.44. The molecule has 0 heterocycles. The minimum absolute atomic E-state index is 0.339. The Morgan fingerprint density at radius 1 is 1.40 bits per heavy atom. The topological polar surface area (TPSA) is 49.3 Å². The number of rotatable bonds is 5. The standard InChI is InChI=1S/C12H23NO2/c1-3-4-11(12(14)15)13-10-7-5-9(2)6-8-10/h9-11,13H,3-8H2,1-2H3,(H,14,15). The minimum atomic E-state index is -0.699. The lowest BCUT2D eigenvalue weighted by molar-refractivity contribution is -0.140. The Labute approximate surface area is 92.3 Å². The van der Waals surface area contributed by atoms with E-state index in [0.717, 1.165) is 31.6 Å². The highest BCUT2D eigenvalue weighted by Gasteiger charge is 2.23. The van der Waals surface area contributed by atoms with Crippen LogP contribution in [-0.4, -0.2) is 23.2 Å². The van der Waals surface area contributed by atoms with E-state index in [1.54, 1.807) is 0 Å². The second-order valence-corrected chi connectivity index (χ2v) is 4.80. The highest BCUT2D eigenvalue weighted by atomic mass is 16.4. The Morgan fingerprint density at radius 3 is 2.47 bits per heavy atom. The summed E-state index contributed by atoms with van der Waals surface area (Å²) in [5.41, 5.74) is 0. The molecule has 1 saturated carbocycles. The zero-order valence-electron chi connectivity index (χ0n) is 9.83. The first-order chi connectivity index (χ1) is 7.13. The van der Waals surface area contributed by atoms with Crippen LogP contribution in [0.2, 0.25) is 0 Å². The van der Waals surface area contributed by atoms with Crippen molar-refractivity contribution >= 4 is 5.97 Å². The van der Waals surface area contributed by atoms with E-state index in [2.05, 4.69) is 12.2 Å². The molecular weight excluding hydrogens is 190 g/mol. The molecule has 1 atom stereocenters. The van der Waals surface area contributed by atoms with E-state index in [0.29, 0.717) is 6.04 Å². The van der Waals surface area contributed by atoms with Gasteiger partial charge < -0.3 is 10.4 Å². The van der Waals surface area contributed by atoms with Gasteiger partial charge in [0.2, 0.25) is 0 Å². The first-order valence-electron chi connectivity index (χ1n) is 6.12. The van der Waals surface area contributed by atoms with Crippen LogP contribution < -0.4 is 5.32 Å². The van der Waals surface area contributed by atoms with E-state index < -0.39 is 5.97 Å². The molecular formula is C12H23NO2. The van der Waals surface area contributed by atoms with Gasteiger partial charge in [0.1, 0.15) is 6.04 Å². The molecule has 0 aromatic heterocycles. The van der Waals surface area contributed by atoms with Crippen LogP contribution in [0.15, 0.2) is 0 Å². The van der Waals surface area contributed by atoms with Gasteiger partial charge in [0, 0.05) is 6.04 Å². The molecule has 1 rings (SSSR count). The average Bonchev–Trinajstić information content (AvgIpc) is 2.20. The van der Waals surface area contributed by atoms with Crippen molar-refractivity contribution in [2.75, 3.05) is 0 Å². The Bertz CT molecular complexity index is 198. The minimum Gasteiger partial charge on any atom is -0.480 e. The Morgan fingerprint density at radius 2 is 2.00 bits per heavy atom. The summed E-state index contributed by atoms with van der Waals surface area (Å²) < 4.78 is 0. The zero-order chi connectivity index (χ0) is 11.3. The normalized spacial score (nSPS) is 28.7. The van der Waals surface area contributed by atoms with Gasteiger partial charge in [0.15, 0.2) is 0 Å². The molecule has 0 aromatic rings. The van der Waals surface area contributed by atoms with Crippen molar-refractivity contribution in [3.63, 3.8) is 0 Å². The molecule has 0 radical (unpaired) electrons. The van der Waals surface area contributed by atoms with E-state index in [1.165, 1.54) is 12.8 Å². The molecule has 1 fully saturated rings. The largest absolute Gasteiger partial charge is 0.480 e. The van der Waals surface area contributed by atoms with Crippen LogP contribution in [0.5, 0.6) is 0 Å². The van der Waals surface area contributed by atoms with Gasteiger partial charge in [0.25, 0.3) is 0 Å². The maximum absolute atomic E-state index is 11.0. The number of carboxylic acids is 1. The van der Waals surface area contributed by atoms with E-state index in [4.69, 9.17) is 5.11 Å². The molecule has 2 N–H and O–H groups in total.